The van der Waals surface area contributed by atoms with E-state index in [0.717, 1.165) is 31.4 Å². The Morgan fingerprint density at radius 1 is 1.53 bits per heavy atom. The molecule has 1 heterocycles. The maximum Gasteiger partial charge on any atom is 0.289 e. The molecule has 0 spiro atoms. The summed E-state index contributed by atoms with van der Waals surface area (Å²) in [4.78, 5) is 11.9. The Labute approximate surface area is 113 Å². The predicted molar refractivity (Wildman–Crippen MR) is 70.9 cm³/mol. The number of aliphatic hydroxyl groups excluding tert-OH is 1. The van der Waals surface area contributed by atoms with Crippen molar-refractivity contribution in [2.75, 3.05) is 13.2 Å². The van der Waals surface area contributed by atoms with E-state index in [1.54, 1.807) is 6.07 Å². The first-order valence-corrected chi connectivity index (χ1v) is 7.00. The molecular weight excluding hydrogens is 244 g/mol. The standard InChI is InChI=1S/C14H22N2O3/c1-3-10(4-2)11-7-12(19-16-11)13(18)15-8-14(9-17)5-6-14/h7,10,17H,3-6,8-9H2,1-2H3,(H,15,18). The summed E-state index contributed by atoms with van der Waals surface area (Å²) < 4.78 is 5.11. The van der Waals surface area contributed by atoms with Crippen molar-refractivity contribution in [3.63, 3.8) is 0 Å². The van der Waals surface area contributed by atoms with Crippen LogP contribution in [0.25, 0.3) is 0 Å². The molecule has 19 heavy (non-hydrogen) atoms. The van der Waals surface area contributed by atoms with Gasteiger partial charge in [-0.25, -0.2) is 0 Å². The fraction of sp³-hybridized carbons (Fsp3) is 0.714. The summed E-state index contributed by atoms with van der Waals surface area (Å²) in [6, 6.07) is 1.73. The Morgan fingerprint density at radius 2 is 2.21 bits per heavy atom. The zero-order valence-electron chi connectivity index (χ0n) is 11.6. The van der Waals surface area contributed by atoms with E-state index in [9.17, 15) is 9.90 Å². The fourth-order valence-electron chi connectivity index (χ4n) is 2.22. The third-order valence-corrected chi connectivity index (χ3v) is 4.07. The maximum absolute atomic E-state index is 11.9. The van der Waals surface area contributed by atoms with Crippen LogP contribution in [0.3, 0.4) is 0 Å². The summed E-state index contributed by atoms with van der Waals surface area (Å²) in [7, 11) is 0. The summed E-state index contributed by atoms with van der Waals surface area (Å²) in [6.45, 7) is 4.83. The molecule has 0 saturated heterocycles. The molecule has 1 aliphatic rings. The molecule has 0 radical (unpaired) electrons. The molecule has 0 aliphatic heterocycles. The van der Waals surface area contributed by atoms with Crippen LogP contribution < -0.4 is 5.32 Å². The van der Waals surface area contributed by atoms with Crippen molar-refractivity contribution in [2.45, 2.75) is 45.4 Å². The van der Waals surface area contributed by atoms with E-state index in [1.165, 1.54) is 0 Å². The first-order chi connectivity index (χ1) is 9.14. The van der Waals surface area contributed by atoms with Crippen molar-refractivity contribution < 1.29 is 14.4 Å². The zero-order chi connectivity index (χ0) is 13.9. The van der Waals surface area contributed by atoms with E-state index in [2.05, 4.69) is 24.3 Å². The Balaban J connectivity index is 1.92. The first-order valence-electron chi connectivity index (χ1n) is 7.00. The van der Waals surface area contributed by atoms with Crippen LogP contribution in [-0.2, 0) is 0 Å². The van der Waals surface area contributed by atoms with Crippen LogP contribution >= 0.6 is 0 Å². The molecule has 1 aliphatic carbocycles. The summed E-state index contributed by atoms with van der Waals surface area (Å²) in [5.41, 5.74) is 0.756. The van der Waals surface area contributed by atoms with Gasteiger partial charge in [-0.3, -0.25) is 4.79 Å². The number of hydrogen-bond acceptors (Lipinski definition) is 4. The van der Waals surface area contributed by atoms with Gasteiger partial charge in [0, 0.05) is 23.9 Å². The van der Waals surface area contributed by atoms with Gasteiger partial charge in [0.25, 0.3) is 5.91 Å². The number of nitrogens with one attached hydrogen (secondary N) is 1. The topological polar surface area (TPSA) is 75.4 Å². The number of carbonyl (C=O) groups is 1. The average molecular weight is 266 g/mol. The second-order valence-corrected chi connectivity index (χ2v) is 5.47. The van der Waals surface area contributed by atoms with Gasteiger partial charge in [0.15, 0.2) is 0 Å². The minimum Gasteiger partial charge on any atom is -0.396 e. The Bertz CT molecular complexity index is 434. The van der Waals surface area contributed by atoms with Gasteiger partial charge in [0.1, 0.15) is 0 Å². The van der Waals surface area contributed by atoms with Gasteiger partial charge in [-0.15, -0.1) is 0 Å². The van der Waals surface area contributed by atoms with Gasteiger partial charge in [-0.2, -0.15) is 0 Å². The number of nitrogens with zero attached hydrogens (tertiary/aromatic N) is 1. The summed E-state index contributed by atoms with van der Waals surface area (Å²) in [6.07, 6.45) is 3.91. The van der Waals surface area contributed by atoms with Crippen molar-refractivity contribution in [3.05, 3.63) is 17.5 Å². The van der Waals surface area contributed by atoms with Crippen molar-refractivity contribution in [2.24, 2.45) is 5.41 Å². The van der Waals surface area contributed by atoms with Gasteiger partial charge in [-0.05, 0) is 25.7 Å². The molecule has 1 aromatic rings. The summed E-state index contributed by atoms with van der Waals surface area (Å²) in [5, 5.41) is 16.0. The zero-order valence-corrected chi connectivity index (χ0v) is 11.6. The maximum atomic E-state index is 11.9. The lowest BCUT2D eigenvalue weighted by molar-refractivity contribution is 0.0898. The molecule has 106 valence electrons. The van der Waals surface area contributed by atoms with Gasteiger partial charge in [0.2, 0.25) is 5.76 Å². The third-order valence-electron chi connectivity index (χ3n) is 4.07. The minimum absolute atomic E-state index is 0.0894. The Kier molecular flexibility index (Phi) is 4.24. The first kappa shape index (κ1) is 14.1. The number of aromatic nitrogens is 1. The molecule has 5 heteroatoms. The monoisotopic (exact) mass is 266 g/mol. The van der Waals surface area contributed by atoms with Gasteiger partial charge in [0.05, 0.1) is 12.3 Å². The van der Waals surface area contributed by atoms with Crippen LogP contribution in [0.5, 0.6) is 0 Å². The lowest BCUT2D eigenvalue weighted by Gasteiger charge is -2.11. The highest BCUT2D eigenvalue weighted by molar-refractivity contribution is 5.91. The summed E-state index contributed by atoms with van der Waals surface area (Å²) >= 11 is 0. The summed E-state index contributed by atoms with van der Waals surface area (Å²) in [5.74, 6) is 0.359. The second-order valence-electron chi connectivity index (χ2n) is 5.47. The highest BCUT2D eigenvalue weighted by atomic mass is 16.5. The molecular formula is C14H22N2O3. The molecule has 1 aromatic heterocycles. The number of carbonyl (C=O) groups excluding carboxylic acids is 1. The van der Waals surface area contributed by atoms with Crippen LogP contribution in [0, 0.1) is 5.41 Å². The Hall–Kier alpha value is -1.36. The van der Waals surface area contributed by atoms with E-state index in [0.29, 0.717) is 12.5 Å². The number of amides is 1. The van der Waals surface area contributed by atoms with E-state index in [4.69, 9.17) is 4.52 Å². The van der Waals surface area contributed by atoms with Crippen molar-refractivity contribution in [3.8, 4) is 0 Å². The van der Waals surface area contributed by atoms with Crippen LogP contribution in [0.2, 0.25) is 0 Å². The minimum atomic E-state index is -0.246. The van der Waals surface area contributed by atoms with Gasteiger partial charge < -0.3 is 14.9 Å². The normalized spacial score (nSPS) is 16.6. The molecule has 0 unspecified atom stereocenters. The average Bonchev–Trinajstić information content (AvgIpc) is 3.06. The van der Waals surface area contributed by atoms with Crippen LogP contribution in [0.4, 0.5) is 0 Å². The predicted octanol–water partition coefficient (Wildman–Crippen LogP) is 2.08. The van der Waals surface area contributed by atoms with Gasteiger partial charge in [-0.1, -0.05) is 19.0 Å². The number of hydrogen-bond donors (Lipinski definition) is 2. The van der Waals surface area contributed by atoms with Crippen molar-refractivity contribution in [1.29, 1.82) is 0 Å². The van der Waals surface area contributed by atoms with E-state index < -0.39 is 0 Å². The van der Waals surface area contributed by atoms with Gasteiger partial charge >= 0.3 is 0 Å². The van der Waals surface area contributed by atoms with E-state index in [-0.39, 0.29) is 23.7 Å². The van der Waals surface area contributed by atoms with Crippen molar-refractivity contribution in [1.82, 2.24) is 10.5 Å². The molecule has 2 N–H and O–H groups in total. The molecule has 5 nitrogen and oxygen atoms in total. The fourth-order valence-corrected chi connectivity index (χ4v) is 2.22. The molecule has 1 saturated carbocycles. The molecule has 1 amide bonds. The molecule has 0 aromatic carbocycles. The lowest BCUT2D eigenvalue weighted by Crippen LogP contribution is -2.31. The lowest BCUT2D eigenvalue weighted by atomic mass is 9.99. The molecule has 2 rings (SSSR count). The quantitative estimate of drug-likeness (QED) is 0.792. The smallest absolute Gasteiger partial charge is 0.289 e. The van der Waals surface area contributed by atoms with Crippen molar-refractivity contribution >= 4 is 5.91 Å². The SMILES string of the molecule is CCC(CC)c1cc(C(=O)NCC2(CO)CC2)on1. The van der Waals surface area contributed by atoms with E-state index in [1.807, 2.05) is 0 Å². The molecule has 0 bridgehead atoms. The number of aliphatic hydroxyl groups is 1. The molecule has 0 atom stereocenters. The van der Waals surface area contributed by atoms with E-state index >= 15 is 0 Å². The highest BCUT2D eigenvalue weighted by Gasteiger charge is 2.42. The van der Waals surface area contributed by atoms with Crippen LogP contribution in [0.15, 0.2) is 10.6 Å². The number of rotatable bonds is 7. The largest absolute Gasteiger partial charge is 0.396 e. The van der Waals surface area contributed by atoms with Crippen LogP contribution in [0.1, 0.15) is 61.7 Å². The highest BCUT2D eigenvalue weighted by Crippen LogP contribution is 2.44. The Morgan fingerprint density at radius 3 is 2.74 bits per heavy atom. The molecule has 1 fully saturated rings. The second kappa shape index (κ2) is 5.74. The van der Waals surface area contributed by atoms with Crippen LogP contribution in [-0.4, -0.2) is 29.3 Å². The third kappa shape index (κ3) is 3.15.